The normalized spacial score (nSPS) is 10.4. The highest BCUT2D eigenvalue weighted by Gasteiger charge is 2.13. The maximum Gasteiger partial charge on any atom is 0.238 e. The van der Waals surface area contributed by atoms with Crippen LogP contribution in [0.15, 0.2) is 97.2 Å². The Balaban J connectivity index is 0.000000994. The van der Waals surface area contributed by atoms with Crippen molar-refractivity contribution in [3.63, 3.8) is 0 Å². The van der Waals surface area contributed by atoms with Crippen LogP contribution < -0.4 is 0 Å². The van der Waals surface area contributed by atoms with Crippen LogP contribution in [-0.2, 0) is 0 Å². The summed E-state index contributed by atoms with van der Waals surface area (Å²) >= 11 is 0. The molecule has 0 aliphatic rings. The molecule has 0 atom stereocenters. The molecular formula is C25H22N4. The lowest BCUT2D eigenvalue weighted by Gasteiger charge is -2.09. The molecule has 0 unspecified atom stereocenters. The summed E-state index contributed by atoms with van der Waals surface area (Å²) in [6.45, 7) is 4.00. The highest BCUT2D eigenvalue weighted by atomic mass is 15.2. The summed E-state index contributed by atoms with van der Waals surface area (Å²) in [5.74, 6) is 1.94. The van der Waals surface area contributed by atoms with Gasteiger partial charge in [0.05, 0.1) is 5.52 Å². The van der Waals surface area contributed by atoms with E-state index in [0.29, 0.717) is 17.6 Å². The Morgan fingerprint density at radius 2 is 1.07 bits per heavy atom. The maximum atomic E-state index is 4.76. The Morgan fingerprint density at radius 3 is 1.66 bits per heavy atom. The van der Waals surface area contributed by atoms with Gasteiger partial charge in [-0.05, 0) is 12.1 Å². The minimum atomic E-state index is 0.615. The van der Waals surface area contributed by atoms with Gasteiger partial charge in [-0.25, -0.2) is 4.98 Å². The van der Waals surface area contributed by atoms with Gasteiger partial charge in [0.15, 0.2) is 11.6 Å². The SMILES string of the molecule is CC.c1ccc(-c2nc(-c3ccccc3)nc(-n3ccc4ccccc43)n2)cc1. The van der Waals surface area contributed by atoms with Crippen LogP contribution in [0.1, 0.15) is 13.8 Å². The molecule has 0 bridgehead atoms. The van der Waals surface area contributed by atoms with E-state index >= 15 is 0 Å². The molecule has 4 nitrogen and oxygen atoms in total. The predicted octanol–water partition coefficient (Wildman–Crippen LogP) is 6.18. The van der Waals surface area contributed by atoms with Crippen LogP contribution in [0.5, 0.6) is 0 Å². The van der Waals surface area contributed by atoms with Gasteiger partial charge in [0.25, 0.3) is 0 Å². The van der Waals surface area contributed by atoms with Gasteiger partial charge in [0.2, 0.25) is 5.95 Å². The summed E-state index contributed by atoms with van der Waals surface area (Å²) in [6.07, 6.45) is 2.00. The molecule has 5 aromatic rings. The lowest BCUT2D eigenvalue weighted by Crippen LogP contribution is -2.05. The van der Waals surface area contributed by atoms with Crippen LogP contribution in [0.2, 0.25) is 0 Å². The fourth-order valence-corrected chi connectivity index (χ4v) is 3.16. The molecule has 142 valence electrons. The zero-order valence-corrected chi connectivity index (χ0v) is 16.5. The average Bonchev–Trinajstić information content (AvgIpc) is 3.26. The topological polar surface area (TPSA) is 43.6 Å². The molecular weight excluding hydrogens is 356 g/mol. The highest BCUT2D eigenvalue weighted by Crippen LogP contribution is 2.24. The molecule has 0 N–H and O–H groups in total. The van der Waals surface area contributed by atoms with Crippen molar-refractivity contribution in [2.75, 3.05) is 0 Å². The van der Waals surface area contributed by atoms with Gasteiger partial charge in [-0.3, -0.25) is 4.57 Å². The van der Waals surface area contributed by atoms with Gasteiger partial charge >= 0.3 is 0 Å². The van der Waals surface area contributed by atoms with E-state index in [1.807, 2.05) is 97.4 Å². The second kappa shape index (κ2) is 8.48. The Morgan fingerprint density at radius 1 is 0.552 bits per heavy atom. The molecule has 0 amide bonds. The Kier molecular flexibility index (Phi) is 5.43. The van der Waals surface area contributed by atoms with Gasteiger partial charge in [0.1, 0.15) is 0 Å². The summed E-state index contributed by atoms with van der Waals surface area (Å²) in [5, 5.41) is 1.15. The van der Waals surface area contributed by atoms with E-state index in [9.17, 15) is 0 Å². The van der Waals surface area contributed by atoms with E-state index in [2.05, 4.69) is 18.2 Å². The summed E-state index contributed by atoms with van der Waals surface area (Å²) in [7, 11) is 0. The van der Waals surface area contributed by atoms with E-state index in [1.54, 1.807) is 0 Å². The number of fused-ring (bicyclic) bond motifs is 1. The number of hydrogen-bond acceptors (Lipinski definition) is 3. The third kappa shape index (κ3) is 3.78. The molecule has 5 rings (SSSR count). The molecule has 2 aromatic heterocycles. The number of rotatable bonds is 3. The fourth-order valence-electron chi connectivity index (χ4n) is 3.16. The molecule has 29 heavy (non-hydrogen) atoms. The van der Waals surface area contributed by atoms with Gasteiger partial charge in [0, 0.05) is 22.7 Å². The van der Waals surface area contributed by atoms with E-state index in [4.69, 9.17) is 15.0 Å². The molecule has 0 radical (unpaired) electrons. The summed E-state index contributed by atoms with van der Waals surface area (Å²) in [5.41, 5.74) is 3.01. The molecule has 2 heterocycles. The van der Waals surface area contributed by atoms with Crippen LogP contribution in [0.4, 0.5) is 0 Å². The first-order chi connectivity index (χ1) is 14.4. The van der Waals surface area contributed by atoms with E-state index in [1.165, 1.54) is 0 Å². The average molecular weight is 378 g/mol. The molecule has 0 fully saturated rings. The quantitative estimate of drug-likeness (QED) is 0.377. The second-order valence-electron chi connectivity index (χ2n) is 6.26. The monoisotopic (exact) mass is 378 g/mol. The van der Waals surface area contributed by atoms with Crippen molar-refractivity contribution in [2.45, 2.75) is 13.8 Å². The number of benzene rings is 3. The Labute approximate surface area is 170 Å². The van der Waals surface area contributed by atoms with Crippen molar-refractivity contribution in [1.29, 1.82) is 0 Å². The van der Waals surface area contributed by atoms with E-state index < -0.39 is 0 Å². The van der Waals surface area contributed by atoms with Crippen molar-refractivity contribution >= 4 is 10.9 Å². The number of aromatic nitrogens is 4. The smallest absolute Gasteiger partial charge is 0.238 e. The first kappa shape index (κ1) is 18.6. The molecule has 3 aromatic carbocycles. The second-order valence-corrected chi connectivity index (χ2v) is 6.26. The zero-order valence-electron chi connectivity index (χ0n) is 16.5. The zero-order chi connectivity index (χ0) is 20.1. The van der Waals surface area contributed by atoms with Crippen molar-refractivity contribution in [3.8, 4) is 28.7 Å². The van der Waals surface area contributed by atoms with Crippen LogP contribution >= 0.6 is 0 Å². The van der Waals surface area contributed by atoms with Gasteiger partial charge in [-0.1, -0.05) is 92.7 Å². The third-order valence-corrected chi connectivity index (χ3v) is 4.50. The maximum absolute atomic E-state index is 4.76. The number of para-hydroxylation sites is 1. The van der Waals surface area contributed by atoms with Crippen molar-refractivity contribution < 1.29 is 0 Å². The molecule has 0 saturated carbocycles. The van der Waals surface area contributed by atoms with Crippen molar-refractivity contribution in [1.82, 2.24) is 19.5 Å². The lowest BCUT2D eigenvalue weighted by molar-refractivity contribution is 0.933. The van der Waals surface area contributed by atoms with Crippen LogP contribution in [0.3, 0.4) is 0 Å². The molecule has 0 saturated heterocycles. The van der Waals surface area contributed by atoms with E-state index in [-0.39, 0.29) is 0 Å². The molecule has 0 spiro atoms. The summed E-state index contributed by atoms with van der Waals surface area (Å²) in [6, 6.07) is 30.3. The predicted molar refractivity (Wildman–Crippen MR) is 119 cm³/mol. The summed E-state index contributed by atoms with van der Waals surface area (Å²) < 4.78 is 2.01. The third-order valence-electron chi connectivity index (χ3n) is 4.50. The number of nitrogens with zero attached hydrogens (tertiary/aromatic N) is 4. The Hall–Kier alpha value is -3.79. The van der Waals surface area contributed by atoms with Crippen LogP contribution in [-0.4, -0.2) is 19.5 Å². The fraction of sp³-hybridized carbons (Fsp3) is 0.0800. The standard InChI is InChI=1S/C23H16N4.C2H6/c1-3-10-18(11-4-1)21-24-22(19-12-5-2-6-13-19)26-23(25-21)27-16-15-17-9-7-8-14-20(17)27;1-2/h1-16H;1-2H3. The first-order valence-corrected chi connectivity index (χ1v) is 9.82. The van der Waals surface area contributed by atoms with Crippen LogP contribution in [0.25, 0.3) is 39.6 Å². The Bertz CT molecular complexity index is 1150. The lowest BCUT2D eigenvalue weighted by atomic mass is 10.2. The van der Waals surface area contributed by atoms with Crippen molar-refractivity contribution in [2.24, 2.45) is 0 Å². The minimum absolute atomic E-state index is 0.615. The van der Waals surface area contributed by atoms with Gasteiger partial charge < -0.3 is 0 Å². The molecule has 4 heteroatoms. The molecule has 0 aliphatic carbocycles. The van der Waals surface area contributed by atoms with Crippen molar-refractivity contribution in [3.05, 3.63) is 97.2 Å². The largest absolute Gasteiger partial charge is 0.285 e. The number of hydrogen-bond donors (Lipinski definition) is 0. The molecule has 0 aliphatic heterocycles. The highest BCUT2D eigenvalue weighted by molar-refractivity contribution is 5.81. The summed E-state index contributed by atoms with van der Waals surface area (Å²) in [4.78, 5) is 14.3. The van der Waals surface area contributed by atoms with Gasteiger partial charge in [-0.2, -0.15) is 9.97 Å². The van der Waals surface area contributed by atoms with Gasteiger partial charge in [-0.15, -0.1) is 0 Å². The first-order valence-electron chi connectivity index (χ1n) is 9.82. The van der Waals surface area contributed by atoms with Crippen LogP contribution in [0, 0.1) is 0 Å². The van der Waals surface area contributed by atoms with E-state index in [0.717, 1.165) is 22.0 Å². The minimum Gasteiger partial charge on any atom is -0.285 e.